The Hall–Kier alpha value is -3.41. The van der Waals surface area contributed by atoms with Crippen LogP contribution >= 0.6 is 0 Å². The molecule has 0 atom stereocenters. The number of nitrogens with zero attached hydrogens (tertiary/aromatic N) is 2. The Morgan fingerprint density at radius 1 is 1.16 bits per heavy atom. The van der Waals surface area contributed by atoms with Crippen LogP contribution in [0.5, 0.6) is 5.75 Å². The van der Waals surface area contributed by atoms with Gasteiger partial charge in [-0.05, 0) is 35.4 Å². The molecule has 25 heavy (non-hydrogen) atoms. The number of rotatable bonds is 7. The Kier molecular flexibility index (Phi) is 5.21. The van der Waals surface area contributed by atoms with Crippen molar-refractivity contribution in [1.29, 1.82) is 0 Å². The molecule has 0 amide bonds. The summed E-state index contributed by atoms with van der Waals surface area (Å²) in [4.78, 5) is 14.8. The van der Waals surface area contributed by atoms with Gasteiger partial charge in [-0.15, -0.1) is 0 Å². The van der Waals surface area contributed by atoms with E-state index in [1.165, 1.54) is 0 Å². The van der Waals surface area contributed by atoms with Crippen molar-refractivity contribution >= 4 is 12.0 Å². The topological polar surface area (TPSA) is 88.1 Å². The first kappa shape index (κ1) is 16.4. The molecule has 0 unspecified atom stereocenters. The number of nitrogens with one attached hydrogen (secondary N) is 1. The number of hydrogen-bond donors (Lipinski definition) is 2. The third-order valence-corrected chi connectivity index (χ3v) is 3.57. The van der Waals surface area contributed by atoms with E-state index in [-0.39, 0.29) is 0 Å². The highest BCUT2D eigenvalue weighted by Crippen LogP contribution is 2.17. The fourth-order valence-corrected chi connectivity index (χ4v) is 2.27. The van der Waals surface area contributed by atoms with Gasteiger partial charge in [0.2, 0.25) is 0 Å². The highest BCUT2D eigenvalue weighted by Gasteiger charge is 2.01. The number of carboxylic acids is 1. The van der Waals surface area contributed by atoms with E-state index in [9.17, 15) is 4.79 Å². The zero-order valence-electron chi connectivity index (χ0n) is 13.4. The molecule has 0 aliphatic carbocycles. The van der Waals surface area contributed by atoms with Crippen LogP contribution in [0, 0.1) is 0 Å². The second-order valence-electron chi connectivity index (χ2n) is 5.36. The Morgan fingerprint density at radius 3 is 2.64 bits per heavy atom. The molecule has 0 spiro atoms. The van der Waals surface area contributed by atoms with Crippen molar-refractivity contribution in [3.05, 3.63) is 72.1 Å². The minimum absolute atomic E-state index is 0.537. The summed E-state index contributed by atoms with van der Waals surface area (Å²) in [6.45, 7) is 0.537. The summed E-state index contributed by atoms with van der Waals surface area (Å²) in [5, 5.41) is 15.4. The van der Waals surface area contributed by atoms with Crippen LogP contribution in [0.1, 0.15) is 11.1 Å². The molecule has 3 aromatic rings. The van der Waals surface area contributed by atoms with Crippen molar-refractivity contribution in [2.45, 2.75) is 6.42 Å². The van der Waals surface area contributed by atoms with Gasteiger partial charge in [-0.25, -0.2) is 4.79 Å². The Balaban J connectivity index is 1.50. The lowest BCUT2D eigenvalue weighted by Crippen LogP contribution is -2.01. The number of hydrogen-bond acceptors (Lipinski definition) is 4. The second-order valence-corrected chi connectivity index (χ2v) is 5.36. The number of H-pyrrole nitrogens is 1. The predicted octanol–water partition coefficient (Wildman–Crippen LogP) is 3.19. The van der Waals surface area contributed by atoms with Gasteiger partial charge in [0.1, 0.15) is 5.75 Å². The van der Waals surface area contributed by atoms with Gasteiger partial charge in [0.05, 0.1) is 24.2 Å². The molecule has 0 aliphatic heterocycles. The molecular formula is C19H17N3O3. The monoisotopic (exact) mass is 335 g/mol. The van der Waals surface area contributed by atoms with Gasteiger partial charge in [-0.3, -0.25) is 10.1 Å². The molecule has 2 aromatic heterocycles. The van der Waals surface area contributed by atoms with Crippen molar-refractivity contribution in [3.8, 4) is 17.1 Å². The lowest BCUT2D eigenvalue weighted by molar-refractivity contribution is -0.131. The summed E-state index contributed by atoms with van der Waals surface area (Å²) in [6, 6.07) is 13.3. The number of pyridine rings is 1. The van der Waals surface area contributed by atoms with E-state index in [1.54, 1.807) is 18.5 Å². The van der Waals surface area contributed by atoms with Crippen LogP contribution in [0.25, 0.3) is 17.5 Å². The fourth-order valence-electron chi connectivity index (χ4n) is 2.27. The third-order valence-electron chi connectivity index (χ3n) is 3.57. The molecule has 0 bridgehead atoms. The van der Waals surface area contributed by atoms with Gasteiger partial charge in [0, 0.05) is 18.7 Å². The quantitative estimate of drug-likeness (QED) is 0.647. The van der Waals surface area contributed by atoms with Gasteiger partial charge in [0.25, 0.3) is 0 Å². The molecule has 1 aromatic carbocycles. The largest absolute Gasteiger partial charge is 0.492 e. The molecule has 0 saturated carbocycles. The number of benzene rings is 1. The first-order chi connectivity index (χ1) is 12.2. The normalized spacial score (nSPS) is 10.9. The van der Waals surface area contributed by atoms with Crippen LogP contribution in [0.3, 0.4) is 0 Å². The molecule has 0 aliphatic rings. The zero-order chi connectivity index (χ0) is 17.5. The number of aliphatic carboxylic acids is 1. The van der Waals surface area contributed by atoms with Crippen molar-refractivity contribution in [1.82, 2.24) is 15.2 Å². The maximum Gasteiger partial charge on any atom is 0.328 e. The number of ether oxygens (including phenoxy) is 1. The molecule has 3 rings (SSSR count). The minimum atomic E-state index is -0.954. The highest BCUT2D eigenvalue weighted by atomic mass is 16.5. The van der Waals surface area contributed by atoms with E-state index in [0.717, 1.165) is 35.0 Å². The molecule has 6 nitrogen and oxygen atoms in total. The molecule has 2 N–H and O–H groups in total. The number of aromatic amines is 1. The number of carboxylic acid groups (broad SMARTS) is 1. The van der Waals surface area contributed by atoms with Gasteiger partial charge in [-0.2, -0.15) is 5.10 Å². The van der Waals surface area contributed by atoms with Crippen LogP contribution in [-0.2, 0) is 11.2 Å². The summed E-state index contributed by atoms with van der Waals surface area (Å²) >= 11 is 0. The van der Waals surface area contributed by atoms with Crippen LogP contribution < -0.4 is 4.74 Å². The van der Waals surface area contributed by atoms with E-state index in [0.29, 0.717) is 12.4 Å². The molecule has 126 valence electrons. The van der Waals surface area contributed by atoms with Crippen LogP contribution in [-0.4, -0.2) is 32.9 Å². The van der Waals surface area contributed by atoms with Gasteiger partial charge in [0.15, 0.2) is 0 Å². The van der Waals surface area contributed by atoms with Crippen molar-refractivity contribution in [3.63, 3.8) is 0 Å². The zero-order valence-corrected chi connectivity index (χ0v) is 13.4. The highest BCUT2D eigenvalue weighted by molar-refractivity contribution is 5.85. The minimum Gasteiger partial charge on any atom is -0.492 e. The third kappa shape index (κ3) is 4.78. The average molecular weight is 335 g/mol. The number of carbonyl (C=O) groups is 1. The lowest BCUT2D eigenvalue weighted by Gasteiger charge is -2.07. The van der Waals surface area contributed by atoms with E-state index in [1.807, 2.05) is 42.5 Å². The summed E-state index contributed by atoms with van der Waals surface area (Å²) in [5.74, 6) is -0.242. The second kappa shape index (κ2) is 7.92. The maximum atomic E-state index is 10.5. The van der Waals surface area contributed by atoms with Gasteiger partial charge >= 0.3 is 5.97 Å². The molecule has 0 saturated heterocycles. The summed E-state index contributed by atoms with van der Waals surface area (Å²) in [6.07, 6.45) is 6.82. The SMILES string of the molecule is O=C(O)/C=C/c1ccc(CCOc2ccc(-c3ccn[nH]3)nc2)cc1. The molecule has 6 heteroatoms. The number of aromatic nitrogens is 3. The van der Waals surface area contributed by atoms with Crippen LogP contribution in [0.2, 0.25) is 0 Å². The lowest BCUT2D eigenvalue weighted by atomic mass is 10.1. The molecular weight excluding hydrogens is 318 g/mol. The Labute approximate surface area is 144 Å². The van der Waals surface area contributed by atoms with E-state index in [2.05, 4.69) is 15.2 Å². The molecule has 2 heterocycles. The standard InChI is InChI=1S/C19H17N3O3/c23-19(24)8-5-14-1-3-15(4-2-14)10-12-25-16-6-7-17(20-13-16)18-9-11-21-22-18/h1-9,11,13H,10,12H2,(H,21,22)(H,23,24)/b8-5+. The Morgan fingerprint density at radius 2 is 2.00 bits per heavy atom. The molecule has 0 radical (unpaired) electrons. The summed E-state index contributed by atoms with van der Waals surface area (Å²) < 4.78 is 5.71. The Bertz CT molecular complexity index is 839. The predicted molar refractivity (Wildman–Crippen MR) is 94.1 cm³/mol. The van der Waals surface area contributed by atoms with Crippen LogP contribution in [0.4, 0.5) is 0 Å². The molecule has 0 fully saturated rings. The van der Waals surface area contributed by atoms with Crippen molar-refractivity contribution in [2.24, 2.45) is 0 Å². The van der Waals surface area contributed by atoms with Crippen molar-refractivity contribution in [2.75, 3.05) is 6.61 Å². The summed E-state index contributed by atoms with van der Waals surface area (Å²) in [5.41, 5.74) is 3.65. The van der Waals surface area contributed by atoms with E-state index < -0.39 is 5.97 Å². The smallest absolute Gasteiger partial charge is 0.328 e. The van der Waals surface area contributed by atoms with Gasteiger partial charge in [-0.1, -0.05) is 24.3 Å². The average Bonchev–Trinajstić information content (AvgIpc) is 3.16. The van der Waals surface area contributed by atoms with Crippen LogP contribution in [0.15, 0.2) is 60.9 Å². The van der Waals surface area contributed by atoms with E-state index in [4.69, 9.17) is 9.84 Å². The van der Waals surface area contributed by atoms with Crippen molar-refractivity contribution < 1.29 is 14.6 Å². The maximum absolute atomic E-state index is 10.5. The first-order valence-electron chi connectivity index (χ1n) is 7.79. The van der Waals surface area contributed by atoms with E-state index >= 15 is 0 Å². The van der Waals surface area contributed by atoms with Gasteiger partial charge < -0.3 is 9.84 Å². The summed E-state index contributed by atoms with van der Waals surface area (Å²) in [7, 11) is 0. The fraction of sp³-hybridized carbons (Fsp3) is 0.105. The first-order valence-corrected chi connectivity index (χ1v) is 7.79.